The van der Waals surface area contributed by atoms with Gasteiger partial charge in [0.2, 0.25) is 11.1 Å². The Morgan fingerprint density at radius 2 is 1.67 bits per heavy atom. The maximum Gasteiger partial charge on any atom is 0.322 e. The number of anilines is 1. The summed E-state index contributed by atoms with van der Waals surface area (Å²) >= 11 is 1.23. The van der Waals surface area contributed by atoms with Crippen molar-refractivity contribution in [3.05, 3.63) is 17.5 Å². The molecule has 2 heterocycles. The molecule has 2 aromatic heterocycles. The number of aromatic nitrogens is 5. The van der Waals surface area contributed by atoms with Crippen LogP contribution >= 0.6 is 11.8 Å². The highest BCUT2D eigenvalue weighted by molar-refractivity contribution is 7.99. The molecule has 2 rings (SSSR count). The number of nitrogen functional groups attached to an aromatic ring is 1. The Kier molecular flexibility index (Phi) is 4.86. The van der Waals surface area contributed by atoms with Gasteiger partial charge in [-0.05, 0) is 45.5 Å². The van der Waals surface area contributed by atoms with E-state index in [9.17, 15) is 0 Å². The van der Waals surface area contributed by atoms with Crippen LogP contribution in [0.1, 0.15) is 25.2 Å². The molecular formula is C12H17N7OS. The Morgan fingerprint density at radius 3 is 2.24 bits per heavy atom. The fourth-order valence-corrected chi connectivity index (χ4v) is 2.33. The van der Waals surface area contributed by atoms with Gasteiger partial charge in [-0.15, -0.1) is 0 Å². The molecule has 3 N–H and O–H groups in total. The van der Waals surface area contributed by atoms with E-state index in [2.05, 4.69) is 30.3 Å². The van der Waals surface area contributed by atoms with E-state index in [4.69, 9.17) is 10.6 Å². The number of hydrazine groups is 1. The van der Waals surface area contributed by atoms with Gasteiger partial charge in [0.05, 0.1) is 6.10 Å². The van der Waals surface area contributed by atoms with Crippen LogP contribution in [0.2, 0.25) is 0 Å². The molecule has 0 aromatic carbocycles. The predicted molar refractivity (Wildman–Crippen MR) is 79.0 cm³/mol. The maximum absolute atomic E-state index is 5.47. The Morgan fingerprint density at radius 1 is 1.05 bits per heavy atom. The molecule has 0 saturated carbocycles. The first-order chi connectivity index (χ1) is 9.96. The Hall–Kier alpha value is -2.00. The zero-order valence-electron chi connectivity index (χ0n) is 12.3. The molecule has 0 atom stereocenters. The topological polar surface area (TPSA) is 112 Å². The van der Waals surface area contributed by atoms with E-state index in [-0.39, 0.29) is 18.1 Å². The Balaban J connectivity index is 2.29. The third-order valence-electron chi connectivity index (χ3n) is 2.21. The average molecular weight is 307 g/mol. The number of rotatable bonds is 5. The van der Waals surface area contributed by atoms with Gasteiger partial charge < -0.3 is 4.74 Å². The molecule has 0 aliphatic rings. The van der Waals surface area contributed by atoms with Gasteiger partial charge in [0.1, 0.15) is 0 Å². The minimum absolute atomic E-state index is 0.0478. The number of ether oxygens (including phenoxy) is 1. The molecule has 2 aromatic rings. The molecule has 0 unspecified atom stereocenters. The van der Waals surface area contributed by atoms with Crippen molar-refractivity contribution in [3.8, 4) is 6.01 Å². The van der Waals surface area contributed by atoms with E-state index in [0.29, 0.717) is 10.3 Å². The number of nitrogens with zero attached hydrogens (tertiary/aromatic N) is 5. The van der Waals surface area contributed by atoms with Gasteiger partial charge in [0, 0.05) is 11.4 Å². The molecule has 21 heavy (non-hydrogen) atoms. The molecule has 112 valence electrons. The molecule has 0 saturated heterocycles. The van der Waals surface area contributed by atoms with E-state index < -0.39 is 0 Å². The van der Waals surface area contributed by atoms with E-state index in [1.807, 2.05) is 33.8 Å². The van der Waals surface area contributed by atoms with Gasteiger partial charge >= 0.3 is 6.01 Å². The maximum atomic E-state index is 5.47. The summed E-state index contributed by atoms with van der Waals surface area (Å²) in [5, 5.41) is 0.982. The lowest BCUT2D eigenvalue weighted by Crippen LogP contribution is -2.15. The second-order valence-corrected chi connectivity index (χ2v) is 5.50. The second kappa shape index (κ2) is 6.64. The first-order valence-electron chi connectivity index (χ1n) is 6.35. The van der Waals surface area contributed by atoms with Crippen molar-refractivity contribution in [2.45, 2.75) is 44.1 Å². The predicted octanol–water partition coefficient (Wildman–Crippen LogP) is 1.50. The number of aryl methyl sites for hydroxylation is 2. The zero-order valence-corrected chi connectivity index (χ0v) is 13.1. The molecule has 0 fully saturated rings. The number of hydrogen-bond acceptors (Lipinski definition) is 9. The van der Waals surface area contributed by atoms with Gasteiger partial charge in [0.15, 0.2) is 5.16 Å². The summed E-state index contributed by atoms with van der Waals surface area (Å²) in [5.41, 5.74) is 4.16. The Labute approximate surface area is 127 Å². The largest absolute Gasteiger partial charge is 0.461 e. The van der Waals surface area contributed by atoms with Crippen LogP contribution in [0, 0.1) is 13.8 Å². The van der Waals surface area contributed by atoms with Crippen LogP contribution < -0.4 is 16.0 Å². The fourth-order valence-electron chi connectivity index (χ4n) is 1.53. The Bertz CT molecular complexity index is 615. The lowest BCUT2D eigenvalue weighted by molar-refractivity contribution is 0.219. The van der Waals surface area contributed by atoms with Crippen LogP contribution in [-0.2, 0) is 0 Å². The van der Waals surface area contributed by atoms with Crippen LogP contribution in [0.5, 0.6) is 6.01 Å². The van der Waals surface area contributed by atoms with Crippen LogP contribution in [0.25, 0.3) is 0 Å². The summed E-state index contributed by atoms with van der Waals surface area (Å²) in [5.74, 6) is 5.59. The van der Waals surface area contributed by atoms with Gasteiger partial charge in [-0.25, -0.2) is 15.8 Å². The number of nitrogens with two attached hydrogens (primary N) is 1. The summed E-state index contributed by atoms with van der Waals surface area (Å²) < 4.78 is 5.47. The highest BCUT2D eigenvalue weighted by Gasteiger charge is 2.11. The minimum Gasteiger partial charge on any atom is -0.461 e. The second-order valence-electron chi connectivity index (χ2n) is 4.57. The monoisotopic (exact) mass is 307 g/mol. The van der Waals surface area contributed by atoms with Crippen molar-refractivity contribution >= 4 is 17.7 Å². The van der Waals surface area contributed by atoms with E-state index in [0.717, 1.165) is 11.4 Å². The summed E-state index contributed by atoms with van der Waals surface area (Å²) in [6.07, 6.45) is -0.0478. The highest BCUT2D eigenvalue weighted by atomic mass is 32.2. The first kappa shape index (κ1) is 15.4. The van der Waals surface area contributed by atoms with Gasteiger partial charge in [-0.2, -0.15) is 15.0 Å². The summed E-state index contributed by atoms with van der Waals surface area (Å²) in [6, 6.07) is 2.11. The molecule has 0 bridgehead atoms. The summed E-state index contributed by atoms with van der Waals surface area (Å²) in [6.45, 7) is 7.59. The highest BCUT2D eigenvalue weighted by Crippen LogP contribution is 2.24. The molecule has 0 aliphatic carbocycles. The lowest BCUT2D eigenvalue weighted by atomic mass is 10.4. The smallest absolute Gasteiger partial charge is 0.322 e. The molecular weight excluding hydrogens is 290 g/mol. The van der Waals surface area contributed by atoms with Crippen molar-refractivity contribution in [3.63, 3.8) is 0 Å². The number of nitrogens with one attached hydrogen (secondary N) is 1. The van der Waals surface area contributed by atoms with Crippen molar-refractivity contribution in [1.82, 2.24) is 24.9 Å². The van der Waals surface area contributed by atoms with Crippen molar-refractivity contribution < 1.29 is 4.74 Å². The third kappa shape index (κ3) is 4.50. The van der Waals surface area contributed by atoms with Crippen molar-refractivity contribution in [2.24, 2.45) is 5.84 Å². The molecule has 0 amide bonds. The first-order valence-corrected chi connectivity index (χ1v) is 7.17. The van der Waals surface area contributed by atoms with Crippen LogP contribution in [-0.4, -0.2) is 31.0 Å². The molecule has 0 spiro atoms. The summed E-state index contributed by atoms with van der Waals surface area (Å²) in [4.78, 5) is 21.1. The molecule has 0 radical (unpaired) electrons. The van der Waals surface area contributed by atoms with Crippen molar-refractivity contribution in [2.75, 3.05) is 5.43 Å². The normalized spacial score (nSPS) is 10.8. The SMILES string of the molecule is Cc1cc(C)nc(Sc2nc(NN)nc(OC(C)C)n2)n1. The third-order valence-corrected chi connectivity index (χ3v) is 2.94. The summed E-state index contributed by atoms with van der Waals surface area (Å²) in [7, 11) is 0. The van der Waals surface area contributed by atoms with Crippen molar-refractivity contribution in [1.29, 1.82) is 0 Å². The van der Waals surface area contributed by atoms with Gasteiger partial charge in [-0.1, -0.05) is 0 Å². The standard InChI is InChI=1S/C12H17N7OS/c1-6(2)20-10-16-9(19-13)17-12(18-10)21-11-14-7(3)5-8(4)15-11/h5-6H,13H2,1-4H3,(H,16,17,18,19). The molecule has 0 aliphatic heterocycles. The zero-order chi connectivity index (χ0) is 15.4. The molecule has 8 nitrogen and oxygen atoms in total. The molecule has 9 heteroatoms. The van der Waals surface area contributed by atoms with Gasteiger partial charge in [-0.3, -0.25) is 5.43 Å². The number of hydrogen-bond donors (Lipinski definition) is 2. The fraction of sp³-hybridized carbons (Fsp3) is 0.417. The van der Waals surface area contributed by atoms with Crippen LogP contribution in [0.15, 0.2) is 16.4 Å². The lowest BCUT2D eigenvalue weighted by Gasteiger charge is -2.09. The van der Waals surface area contributed by atoms with E-state index in [1.54, 1.807) is 0 Å². The average Bonchev–Trinajstić information content (AvgIpc) is 2.36. The van der Waals surface area contributed by atoms with Crippen LogP contribution in [0.4, 0.5) is 5.95 Å². The van der Waals surface area contributed by atoms with E-state index >= 15 is 0 Å². The quantitative estimate of drug-likeness (QED) is 0.482. The van der Waals surface area contributed by atoms with Gasteiger partial charge in [0.25, 0.3) is 0 Å². The minimum atomic E-state index is -0.0478. The van der Waals surface area contributed by atoms with Crippen LogP contribution in [0.3, 0.4) is 0 Å². The van der Waals surface area contributed by atoms with E-state index in [1.165, 1.54) is 11.8 Å².